The van der Waals surface area contributed by atoms with Crippen molar-refractivity contribution >= 4 is 50.5 Å². The van der Waals surface area contributed by atoms with Gasteiger partial charge in [0.25, 0.3) is 5.91 Å². The molecule has 1 aliphatic carbocycles. The Balaban J connectivity index is 1.43. The van der Waals surface area contributed by atoms with Crippen LogP contribution in [0.5, 0.6) is 0 Å². The van der Waals surface area contributed by atoms with Crippen molar-refractivity contribution in [1.82, 2.24) is 24.9 Å². The molecule has 1 amide bonds. The molecule has 8 nitrogen and oxygen atoms in total. The number of amides is 1. The average Bonchev–Trinajstić information content (AvgIpc) is 3.69. The second-order valence-electron chi connectivity index (χ2n) is 11.2. The topological polar surface area (TPSA) is 96.3 Å². The lowest BCUT2D eigenvalue weighted by atomic mass is 10.1. The van der Waals surface area contributed by atoms with Gasteiger partial charge in [0, 0.05) is 35.8 Å². The van der Waals surface area contributed by atoms with Crippen LogP contribution in [0.15, 0.2) is 54.6 Å². The molecule has 1 saturated heterocycles. The van der Waals surface area contributed by atoms with Gasteiger partial charge in [-0.15, -0.1) is 11.3 Å². The number of nitrogens with zero attached hydrogens (tertiary/aromatic N) is 3. The van der Waals surface area contributed by atoms with Crippen LogP contribution in [-0.4, -0.2) is 47.5 Å². The minimum Gasteiger partial charge on any atom is -0.283 e. The van der Waals surface area contributed by atoms with E-state index < -0.39 is 32.9 Å². The first kappa shape index (κ1) is 33.5. The number of aromatic nitrogens is 2. The van der Waals surface area contributed by atoms with Crippen molar-refractivity contribution in [3.05, 3.63) is 91.9 Å². The van der Waals surface area contributed by atoms with Gasteiger partial charge in [0.05, 0.1) is 37.0 Å². The van der Waals surface area contributed by atoms with Crippen LogP contribution in [0.4, 0.5) is 13.2 Å². The van der Waals surface area contributed by atoms with Crippen molar-refractivity contribution in [2.24, 2.45) is 0 Å². The zero-order chi connectivity index (χ0) is 33.3. The number of carbonyl (C=O) groups is 1. The first-order valence-electron chi connectivity index (χ1n) is 14.8. The Morgan fingerprint density at radius 1 is 1.00 bits per heavy atom. The minimum atomic E-state index is -4.45. The predicted octanol–water partition coefficient (Wildman–Crippen LogP) is 7.04. The third-order valence-corrected chi connectivity index (χ3v) is 11.2. The Morgan fingerprint density at radius 3 is 2.38 bits per heavy atom. The van der Waals surface area contributed by atoms with E-state index in [9.17, 15) is 26.4 Å². The van der Waals surface area contributed by atoms with E-state index in [0.717, 1.165) is 31.4 Å². The summed E-state index contributed by atoms with van der Waals surface area (Å²) in [5, 5.41) is 6.70. The van der Waals surface area contributed by atoms with Crippen molar-refractivity contribution in [3.63, 3.8) is 0 Å². The van der Waals surface area contributed by atoms with Crippen molar-refractivity contribution < 1.29 is 26.4 Å². The highest BCUT2D eigenvalue weighted by Crippen LogP contribution is 2.37. The van der Waals surface area contributed by atoms with Crippen molar-refractivity contribution in [2.45, 2.75) is 50.1 Å². The molecule has 47 heavy (non-hydrogen) atoms. The number of sulfonamides is 1. The molecule has 1 aliphatic heterocycles. The Kier molecular flexibility index (Phi) is 9.71. The van der Waals surface area contributed by atoms with E-state index in [1.54, 1.807) is 30.3 Å². The number of carbonyl (C=O) groups excluding carboxylic acids is 1. The highest BCUT2D eigenvalue weighted by molar-refractivity contribution is 7.90. The smallest absolute Gasteiger partial charge is 0.283 e. The maximum Gasteiger partial charge on any atom is 0.416 e. The molecule has 0 spiro atoms. The molecule has 4 aromatic rings. The number of hydrazine groups is 1. The largest absolute Gasteiger partial charge is 0.416 e. The summed E-state index contributed by atoms with van der Waals surface area (Å²) in [6.45, 7) is 1.16. The van der Waals surface area contributed by atoms with Crippen molar-refractivity contribution in [2.75, 3.05) is 13.1 Å². The van der Waals surface area contributed by atoms with Crippen LogP contribution in [0.3, 0.4) is 0 Å². The van der Waals surface area contributed by atoms with Crippen molar-refractivity contribution in [3.8, 4) is 28.1 Å². The minimum absolute atomic E-state index is 0.0286. The van der Waals surface area contributed by atoms with Gasteiger partial charge < -0.3 is 0 Å². The number of halogens is 5. The second kappa shape index (κ2) is 13.6. The fourth-order valence-electron chi connectivity index (χ4n) is 5.16. The quantitative estimate of drug-likeness (QED) is 0.191. The molecule has 0 radical (unpaired) electrons. The molecule has 1 saturated carbocycles. The number of benzene rings is 2. The van der Waals surface area contributed by atoms with Crippen LogP contribution in [0.2, 0.25) is 10.0 Å². The van der Waals surface area contributed by atoms with E-state index in [-0.39, 0.29) is 17.3 Å². The standard InChI is InChI=1S/C32H28Cl2F3N5O3S2/c33-22-9-14-27(26(34)18-22)42-30(28-15-11-23(46-28)10-6-20-4-7-21(8-5-20)32(35,36)37)25(19-38-47(44,45)24-12-13-24)29(39-42)31(43)40-41-16-2-1-3-17-41/h4-5,7-9,11,14-15,18,24,38H,1-3,12-13,16-17,19H2,(H,40,43). The van der Waals surface area contributed by atoms with E-state index in [0.29, 0.717) is 63.2 Å². The Morgan fingerprint density at radius 2 is 1.72 bits per heavy atom. The maximum atomic E-state index is 13.8. The first-order chi connectivity index (χ1) is 22.4. The fraction of sp³-hybridized carbons (Fsp3) is 0.312. The third-order valence-electron chi connectivity index (χ3n) is 7.75. The van der Waals surface area contributed by atoms with Gasteiger partial charge in [0.2, 0.25) is 10.0 Å². The van der Waals surface area contributed by atoms with E-state index >= 15 is 0 Å². The summed E-state index contributed by atoms with van der Waals surface area (Å²) in [6.07, 6.45) is -0.388. The number of piperidine rings is 1. The molecule has 0 bridgehead atoms. The summed E-state index contributed by atoms with van der Waals surface area (Å²) in [5.41, 5.74) is 3.79. The maximum absolute atomic E-state index is 13.8. The number of alkyl halides is 3. The SMILES string of the molecule is O=C(NN1CCCCC1)c1nn(-c2ccc(Cl)cc2Cl)c(-c2ccc(C#Cc3ccc(C(F)(F)F)cc3)s2)c1CNS(=O)(=O)C1CC1. The van der Waals surface area contributed by atoms with E-state index in [4.69, 9.17) is 28.3 Å². The number of rotatable bonds is 8. The molecule has 3 heterocycles. The van der Waals surface area contributed by atoms with Gasteiger partial charge in [-0.25, -0.2) is 22.8 Å². The van der Waals surface area contributed by atoms with Crippen LogP contribution in [-0.2, 0) is 22.7 Å². The molecular formula is C32H28Cl2F3N5O3S2. The zero-order valence-corrected chi connectivity index (χ0v) is 27.8. The molecule has 0 unspecified atom stereocenters. The molecule has 2 aromatic heterocycles. The number of hydrogen-bond acceptors (Lipinski definition) is 6. The molecule has 2 aliphatic rings. The summed E-state index contributed by atoms with van der Waals surface area (Å²) in [6, 6.07) is 12.9. The van der Waals surface area contributed by atoms with Gasteiger partial charge in [-0.3, -0.25) is 10.2 Å². The molecule has 246 valence electrons. The first-order valence-corrected chi connectivity index (χ1v) is 17.9. The van der Waals surface area contributed by atoms with Gasteiger partial charge in [0.1, 0.15) is 0 Å². The summed E-state index contributed by atoms with van der Waals surface area (Å²) in [5.74, 6) is 5.38. The van der Waals surface area contributed by atoms with E-state index in [1.165, 1.54) is 28.2 Å². The Labute approximate surface area is 283 Å². The molecule has 15 heteroatoms. The fourth-order valence-corrected chi connectivity index (χ4v) is 7.90. The number of thiophene rings is 1. The lowest BCUT2D eigenvalue weighted by Gasteiger charge is -2.26. The predicted molar refractivity (Wildman–Crippen MR) is 176 cm³/mol. The molecule has 0 atom stereocenters. The summed E-state index contributed by atoms with van der Waals surface area (Å²) in [4.78, 5) is 15.0. The molecule has 2 aromatic carbocycles. The molecular weight excluding hydrogens is 694 g/mol. The highest BCUT2D eigenvalue weighted by atomic mass is 35.5. The average molecular weight is 723 g/mol. The van der Waals surface area contributed by atoms with Crippen LogP contribution >= 0.6 is 34.5 Å². The molecule has 2 N–H and O–H groups in total. The van der Waals surface area contributed by atoms with Crippen LogP contribution in [0.1, 0.15) is 64.2 Å². The van der Waals surface area contributed by atoms with Gasteiger partial charge in [-0.05, 0) is 80.3 Å². The number of nitrogens with one attached hydrogen (secondary N) is 2. The van der Waals surface area contributed by atoms with Gasteiger partial charge in [0.15, 0.2) is 5.69 Å². The monoisotopic (exact) mass is 721 g/mol. The van der Waals surface area contributed by atoms with Crippen LogP contribution in [0.25, 0.3) is 16.3 Å². The highest BCUT2D eigenvalue weighted by Gasteiger charge is 2.37. The Hall–Kier alpha value is -3.38. The van der Waals surface area contributed by atoms with Crippen LogP contribution in [0, 0.1) is 11.8 Å². The summed E-state index contributed by atoms with van der Waals surface area (Å²) >= 11 is 14.1. The lowest BCUT2D eigenvalue weighted by Crippen LogP contribution is -2.45. The lowest BCUT2D eigenvalue weighted by molar-refractivity contribution is -0.137. The number of hydrogen-bond donors (Lipinski definition) is 2. The van der Waals surface area contributed by atoms with Gasteiger partial charge in [-0.2, -0.15) is 18.3 Å². The van der Waals surface area contributed by atoms with Crippen molar-refractivity contribution in [1.29, 1.82) is 0 Å². The van der Waals surface area contributed by atoms with Crippen LogP contribution < -0.4 is 10.1 Å². The van der Waals surface area contributed by atoms with E-state index in [1.807, 2.05) is 5.01 Å². The second-order valence-corrected chi connectivity index (χ2v) is 15.2. The normalized spacial score (nSPS) is 15.7. The zero-order valence-electron chi connectivity index (χ0n) is 24.7. The van der Waals surface area contributed by atoms with Gasteiger partial charge >= 0.3 is 6.18 Å². The third kappa shape index (κ3) is 7.85. The van der Waals surface area contributed by atoms with E-state index in [2.05, 4.69) is 22.0 Å². The molecule has 2 fully saturated rings. The summed E-state index contributed by atoms with van der Waals surface area (Å²) in [7, 11) is -3.63. The van der Waals surface area contributed by atoms with Gasteiger partial charge in [-0.1, -0.05) is 41.5 Å². The molecule has 6 rings (SSSR count). The Bertz CT molecular complexity index is 1970. The summed E-state index contributed by atoms with van der Waals surface area (Å²) < 4.78 is 68.9.